The molecule has 0 amide bonds. The molecule has 0 aromatic heterocycles. The van der Waals surface area contributed by atoms with Gasteiger partial charge in [-0.1, -0.05) is 76.4 Å². The lowest BCUT2D eigenvalue weighted by molar-refractivity contribution is 0.163. The molecule has 4 heteroatoms. The van der Waals surface area contributed by atoms with Crippen molar-refractivity contribution < 1.29 is 9.16 Å². The zero-order chi connectivity index (χ0) is 19.5. The van der Waals surface area contributed by atoms with Crippen molar-refractivity contribution in [1.82, 2.24) is 0 Å². The number of ether oxygens (including phenoxy) is 1. The number of hydrogen-bond donors (Lipinski definition) is 0. The van der Waals surface area contributed by atoms with Crippen LogP contribution < -0.4 is 0 Å². The van der Waals surface area contributed by atoms with E-state index in [0.29, 0.717) is 5.04 Å². The minimum Gasteiger partial charge on any atom is -0.417 e. The molecule has 0 aliphatic heterocycles. The van der Waals surface area contributed by atoms with Crippen LogP contribution in [0.5, 0.6) is 0 Å². The van der Waals surface area contributed by atoms with Crippen LogP contribution in [0.1, 0.15) is 65.7 Å². The largest absolute Gasteiger partial charge is 0.417 e. The van der Waals surface area contributed by atoms with E-state index >= 15 is 0 Å². The second-order valence-corrected chi connectivity index (χ2v) is 14.7. The Hall–Kier alpha value is -0.293. The standard InChI is InChI=1S/C22H40O2SSi/c1-22(2,3)26(5,6)24-19-15-10-8-7-9-14-18-21(23-4)25-20-16-12-11-13-17-20/h11-13,16-17,21H,7-10,14-15,18-19H2,1-6H3. The molecule has 0 bridgehead atoms. The molecule has 0 fully saturated rings. The monoisotopic (exact) mass is 396 g/mol. The minimum absolute atomic E-state index is 0.274. The van der Waals surface area contributed by atoms with Crippen LogP contribution in [-0.2, 0) is 9.16 Å². The maximum absolute atomic E-state index is 6.24. The molecule has 1 rings (SSSR count). The Bertz CT molecular complexity index is 471. The van der Waals surface area contributed by atoms with E-state index in [2.05, 4.69) is 64.2 Å². The first kappa shape index (κ1) is 23.7. The lowest BCUT2D eigenvalue weighted by atomic mass is 10.1. The van der Waals surface area contributed by atoms with Crippen molar-refractivity contribution in [2.45, 2.75) is 94.2 Å². The van der Waals surface area contributed by atoms with Gasteiger partial charge in [-0.05, 0) is 49.5 Å². The van der Waals surface area contributed by atoms with Crippen molar-refractivity contribution >= 4 is 20.1 Å². The molecule has 1 atom stereocenters. The van der Waals surface area contributed by atoms with Crippen LogP contribution >= 0.6 is 11.8 Å². The average Bonchev–Trinajstić information content (AvgIpc) is 2.59. The summed E-state index contributed by atoms with van der Waals surface area (Å²) in [6.07, 6.45) is 8.83. The molecule has 2 nitrogen and oxygen atoms in total. The van der Waals surface area contributed by atoms with Crippen molar-refractivity contribution in [3.63, 3.8) is 0 Å². The lowest BCUT2D eigenvalue weighted by Gasteiger charge is -2.36. The highest BCUT2D eigenvalue weighted by molar-refractivity contribution is 7.99. The summed E-state index contributed by atoms with van der Waals surface area (Å²) in [4.78, 5) is 1.29. The predicted molar refractivity (Wildman–Crippen MR) is 119 cm³/mol. The highest BCUT2D eigenvalue weighted by Gasteiger charge is 2.36. The van der Waals surface area contributed by atoms with Crippen LogP contribution in [0.25, 0.3) is 0 Å². The summed E-state index contributed by atoms with van der Waals surface area (Å²) in [6.45, 7) is 12.5. The van der Waals surface area contributed by atoms with E-state index in [1.54, 1.807) is 0 Å². The van der Waals surface area contributed by atoms with Crippen molar-refractivity contribution in [2.75, 3.05) is 13.7 Å². The van der Waals surface area contributed by atoms with Gasteiger partial charge in [0.1, 0.15) is 5.44 Å². The van der Waals surface area contributed by atoms with Crippen LogP contribution in [0, 0.1) is 0 Å². The molecule has 26 heavy (non-hydrogen) atoms. The van der Waals surface area contributed by atoms with Crippen LogP contribution in [-0.4, -0.2) is 27.5 Å². The topological polar surface area (TPSA) is 18.5 Å². The number of benzene rings is 1. The highest BCUT2D eigenvalue weighted by atomic mass is 32.2. The van der Waals surface area contributed by atoms with Gasteiger partial charge in [0.15, 0.2) is 8.32 Å². The van der Waals surface area contributed by atoms with Crippen molar-refractivity contribution in [1.29, 1.82) is 0 Å². The molecule has 1 aromatic rings. The molecular weight excluding hydrogens is 356 g/mol. The van der Waals surface area contributed by atoms with Gasteiger partial charge in [0.25, 0.3) is 0 Å². The van der Waals surface area contributed by atoms with Gasteiger partial charge >= 0.3 is 0 Å². The Balaban J connectivity index is 2.03. The maximum atomic E-state index is 6.24. The third-order valence-corrected chi connectivity index (χ3v) is 11.2. The minimum atomic E-state index is -1.55. The van der Waals surface area contributed by atoms with Crippen LogP contribution in [0.2, 0.25) is 18.1 Å². The predicted octanol–water partition coefficient (Wildman–Crippen LogP) is 7.50. The van der Waals surface area contributed by atoms with Gasteiger partial charge in [-0.25, -0.2) is 0 Å². The van der Waals surface area contributed by atoms with Gasteiger partial charge in [-0.3, -0.25) is 0 Å². The summed E-state index contributed by atoms with van der Waals surface area (Å²) in [5.74, 6) is 0. The van der Waals surface area contributed by atoms with E-state index in [0.717, 1.165) is 13.0 Å². The second kappa shape index (κ2) is 12.2. The quantitative estimate of drug-likeness (QED) is 0.149. The number of unbranched alkanes of at least 4 members (excludes halogenated alkanes) is 5. The molecule has 0 saturated heterocycles. The molecule has 1 unspecified atom stereocenters. The van der Waals surface area contributed by atoms with Crippen molar-refractivity contribution in [3.05, 3.63) is 30.3 Å². The molecular formula is C22H40O2SSi. The molecule has 1 aromatic carbocycles. The third kappa shape index (κ3) is 9.59. The first-order valence-corrected chi connectivity index (χ1v) is 13.9. The zero-order valence-corrected chi connectivity index (χ0v) is 19.7. The Labute approximate surface area is 167 Å². The van der Waals surface area contributed by atoms with E-state index in [9.17, 15) is 0 Å². The maximum Gasteiger partial charge on any atom is 0.191 e. The zero-order valence-electron chi connectivity index (χ0n) is 17.8. The van der Waals surface area contributed by atoms with Crippen LogP contribution in [0.4, 0.5) is 0 Å². The smallest absolute Gasteiger partial charge is 0.191 e. The molecule has 0 saturated carbocycles. The van der Waals surface area contributed by atoms with Gasteiger partial charge in [-0.15, -0.1) is 0 Å². The first-order chi connectivity index (χ1) is 12.3. The third-order valence-electron chi connectivity index (χ3n) is 5.38. The summed E-state index contributed by atoms with van der Waals surface area (Å²) < 4.78 is 11.9. The van der Waals surface area contributed by atoms with E-state index in [1.165, 1.54) is 43.4 Å². The fourth-order valence-electron chi connectivity index (χ4n) is 2.54. The summed E-state index contributed by atoms with van der Waals surface area (Å²) in [5.41, 5.74) is 0.274. The average molecular weight is 397 g/mol. The van der Waals surface area contributed by atoms with E-state index < -0.39 is 8.32 Å². The first-order valence-electron chi connectivity index (χ1n) is 10.1. The molecule has 0 spiro atoms. The fraction of sp³-hybridized carbons (Fsp3) is 0.727. The van der Waals surface area contributed by atoms with E-state index in [1.807, 2.05) is 18.9 Å². The molecule has 150 valence electrons. The van der Waals surface area contributed by atoms with Gasteiger partial charge in [-0.2, -0.15) is 0 Å². The number of methoxy groups -OCH3 is 1. The Morgan fingerprint density at radius 2 is 1.50 bits per heavy atom. The molecule has 0 heterocycles. The van der Waals surface area contributed by atoms with E-state index in [-0.39, 0.29) is 5.44 Å². The summed E-state index contributed by atoms with van der Waals surface area (Å²) >= 11 is 1.83. The Morgan fingerprint density at radius 3 is 2.08 bits per heavy atom. The molecule has 0 aliphatic carbocycles. The number of hydrogen-bond acceptors (Lipinski definition) is 3. The van der Waals surface area contributed by atoms with Gasteiger partial charge < -0.3 is 9.16 Å². The summed E-state index contributed by atoms with van der Waals surface area (Å²) in [7, 11) is 0.271. The highest BCUT2D eigenvalue weighted by Crippen LogP contribution is 2.36. The van der Waals surface area contributed by atoms with Gasteiger partial charge in [0.05, 0.1) is 0 Å². The normalized spacial score (nSPS) is 13.8. The summed E-state index contributed by atoms with van der Waals surface area (Å²) in [6, 6.07) is 10.5. The SMILES string of the molecule is COC(CCCCCCCCO[Si](C)(C)C(C)(C)C)Sc1ccccc1. The van der Waals surface area contributed by atoms with Crippen LogP contribution in [0.15, 0.2) is 35.2 Å². The van der Waals surface area contributed by atoms with Gasteiger partial charge in [0.2, 0.25) is 0 Å². The summed E-state index contributed by atoms with van der Waals surface area (Å²) in [5, 5.41) is 0.322. The lowest BCUT2D eigenvalue weighted by Crippen LogP contribution is -2.40. The number of thioether (sulfide) groups is 1. The van der Waals surface area contributed by atoms with Crippen molar-refractivity contribution in [3.8, 4) is 0 Å². The van der Waals surface area contributed by atoms with E-state index in [4.69, 9.17) is 9.16 Å². The molecule has 0 aliphatic rings. The Morgan fingerprint density at radius 1 is 0.923 bits per heavy atom. The van der Waals surface area contributed by atoms with Gasteiger partial charge in [0, 0.05) is 18.6 Å². The van der Waals surface area contributed by atoms with Crippen molar-refractivity contribution in [2.24, 2.45) is 0 Å². The molecule has 0 radical (unpaired) electrons. The number of rotatable bonds is 13. The van der Waals surface area contributed by atoms with Crippen LogP contribution in [0.3, 0.4) is 0 Å². The fourth-order valence-corrected chi connectivity index (χ4v) is 4.63. The molecule has 0 N–H and O–H groups in total. The Kier molecular flexibility index (Phi) is 11.2. The second-order valence-electron chi connectivity index (χ2n) is 8.61.